The first-order valence-corrected chi connectivity index (χ1v) is 7.52. The number of aromatic nitrogens is 3. The standard InChI is InChI=1S/C15H15F3N4O2/c1-8-10(3-4-11-19-7-20-22(8)11)21-6-13(15(16,17)18)5-14(13,9(21)2)12(23)24/h3-4,7,9H,5-6H2,1-2H3,(H,23,24). The SMILES string of the molecule is Cc1c(N2CC3(C(F)(F)F)CC3(C(=O)O)C2C)ccc2ncnn12. The van der Waals surface area contributed by atoms with E-state index in [1.165, 1.54) is 6.33 Å². The van der Waals surface area contributed by atoms with Crippen LogP contribution in [0.3, 0.4) is 0 Å². The molecule has 3 atom stereocenters. The molecule has 2 aromatic heterocycles. The molecule has 2 aromatic rings. The summed E-state index contributed by atoms with van der Waals surface area (Å²) in [6.07, 6.45) is -3.55. The average Bonchev–Trinajstić information content (AvgIpc) is 2.83. The molecule has 3 heterocycles. The first-order valence-electron chi connectivity index (χ1n) is 7.52. The molecule has 24 heavy (non-hydrogen) atoms. The lowest BCUT2D eigenvalue weighted by atomic mass is 9.90. The fourth-order valence-electron chi connectivity index (χ4n) is 4.37. The van der Waals surface area contributed by atoms with Gasteiger partial charge < -0.3 is 10.0 Å². The van der Waals surface area contributed by atoms with Crippen LogP contribution in [-0.4, -0.2) is 44.4 Å². The van der Waals surface area contributed by atoms with Crippen LogP contribution in [0, 0.1) is 17.8 Å². The van der Waals surface area contributed by atoms with Gasteiger partial charge in [0.25, 0.3) is 0 Å². The van der Waals surface area contributed by atoms with Gasteiger partial charge in [-0.05, 0) is 32.4 Å². The highest BCUT2D eigenvalue weighted by atomic mass is 19.4. The van der Waals surface area contributed by atoms with E-state index in [1.807, 2.05) is 0 Å². The van der Waals surface area contributed by atoms with Crippen LogP contribution >= 0.6 is 0 Å². The number of anilines is 1. The Hall–Kier alpha value is -2.32. The lowest BCUT2D eigenvalue weighted by Crippen LogP contribution is -2.38. The van der Waals surface area contributed by atoms with Gasteiger partial charge in [-0.3, -0.25) is 4.79 Å². The monoisotopic (exact) mass is 340 g/mol. The van der Waals surface area contributed by atoms with Gasteiger partial charge in [0.05, 0.1) is 11.4 Å². The number of carbonyl (C=O) groups is 1. The Balaban J connectivity index is 1.83. The Kier molecular flexibility index (Phi) is 2.66. The number of rotatable bonds is 2. The zero-order valence-corrected chi connectivity index (χ0v) is 13.0. The van der Waals surface area contributed by atoms with Gasteiger partial charge in [-0.2, -0.15) is 18.3 Å². The topological polar surface area (TPSA) is 70.7 Å². The third-order valence-electron chi connectivity index (χ3n) is 5.82. The molecular formula is C15H15F3N4O2. The number of alkyl halides is 3. The molecule has 4 rings (SSSR count). The second-order valence-corrected chi connectivity index (χ2v) is 6.67. The lowest BCUT2D eigenvalue weighted by Gasteiger charge is -2.30. The first-order chi connectivity index (χ1) is 11.2. The first kappa shape index (κ1) is 15.2. The van der Waals surface area contributed by atoms with Gasteiger partial charge in [-0.25, -0.2) is 9.50 Å². The maximum absolute atomic E-state index is 13.6. The zero-order chi connectivity index (χ0) is 17.5. The van der Waals surface area contributed by atoms with Crippen molar-refractivity contribution >= 4 is 17.3 Å². The number of hydrogen-bond donors (Lipinski definition) is 1. The third-order valence-corrected chi connectivity index (χ3v) is 5.82. The number of aliphatic carboxylic acids is 1. The van der Waals surface area contributed by atoms with Gasteiger partial charge >= 0.3 is 12.1 Å². The van der Waals surface area contributed by atoms with Crippen LogP contribution in [0.1, 0.15) is 19.0 Å². The Morgan fingerprint density at radius 3 is 2.71 bits per heavy atom. The maximum atomic E-state index is 13.6. The quantitative estimate of drug-likeness (QED) is 0.908. The van der Waals surface area contributed by atoms with Crippen LogP contribution < -0.4 is 4.90 Å². The van der Waals surface area contributed by atoms with E-state index in [-0.39, 0.29) is 13.0 Å². The summed E-state index contributed by atoms with van der Waals surface area (Å²) in [7, 11) is 0. The minimum Gasteiger partial charge on any atom is -0.481 e. The number of fused-ring (bicyclic) bond motifs is 2. The van der Waals surface area contributed by atoms with Gasteiger partial charge in [0, 0.05) is 12.6 Å². The van der Waals surface area contributed by atoms with Gasteiger partial charge in [-0.1, -0.05) is 0 Å². The van der Waals surface area contributed by atoms with E-state index < -0.39 is 29.0 Å². The number of piperidine rings is 1. The number of halogens is 3. The van der Waals surface area contributed by atoms with E-state index in [0.29, 0.717) is 17.0 Å². The molecular weight excluding hydrogens is 325 g/mol. The molecule has 1 N–H and O–H groups in total. The molecule has 1 aliphatic carbocycles. The Bertz CT molecular complexity index is 864. The van der Waals surface area contributed by atoms with Crippen molar-refractivity contribution in [2.24, 2.45) is 10.8 Å². The van der Waals surface area contributed by atoms with E-state index in [0.717, 1.165) is 0 Å². The smallest absolute Gasteiger partial charge is 0.397 e. The van der Waals surface area contributed by atoms with Crippen LogP contribution in [0.2, 0.25) is 0 Å². The van der Waals surface area contributed by atoms with Crippen molar-refractivity contribution < 1.29 is 23.1 Å². The molecule has 0 spiro atoms. The highest BCUT2D eigenvalue weighted by Gasteiger charge is 2.89. The highest BCUT2D eigenvalue weighted by molar-refractivity contribution is 5.84. The summed E-state index contributed by atoms with van der Waals surface area (Å²) < 4.78 is 42.5. The Morgan fingerprint density at radius 2 is 2.12 bits per heavy atom. The van der Waals surface area contributed by atoms with Crippen molar-refractivity contribution in [1.29, 1.82) is 0 Å². The van der Waals surface area contributed by atoms with Crippen molar-refractivity contribution in [3.05, 3.63) is 24.2 Å². The molecule has 9 heteroatoms. The van der Waals surface area contributed by atoms with E-state index in [9.17, 15) is 23.1 Å². The van der Waals surface area contributed by atoms with Crippen molar-refractivity contribution in [3.8, 4) is 0 Å². The number of carboxylic acids is 1. The molecule has 1 saturated heterocycles. The van der Waals surface area contributed by atoms with Gasteiger partial charge in [0.2, 0.25) is 0 Å². The number of aryl methyl sites for hydroxylation is 1. The summed E-state index contributed by atoms with van der Waals surface area (Å²) >= 11 is 0. The lowest BCUT2D eigenvalue weighted by molar-refractivity contribution is -0.195. The molecule has 0 amide bonds. The highest BCUT2D eigenvalue weighted by Crippen LogP contribution is 2.77. The molecule has 2 fully saturated rings. The third kappa shape index (κ3) is 1.50. The molecule has 128 valence electrons. The summed E-state index contributed by atoms with van der Waals surface area (Å²) in [6, 6.07) is 2.58. The van der Waals surface area contributed by atoms with Crippen molar-refractivity contribution in [3.63, 3.8) is 0 Å². The number of hydrogen-bond acceptors (Lipinski definition) is 4. The second-order valence-electron chi connectivity index (χ2n) is 6.67. The minimum absolute atomic E-state index is 0.356. The molecule has 0 aromatic carbocycles. The number of carboxylic acid groups (broad SMARTS) is 1. The minimum atomic E-state index is -4.56. The molecule has 6 nitrogen and oxygen atoms in total. The maximum Gasteiger partial charge on any atom is 0.397 e. The van der Waals surface area contributed by atoms with Gasteiger partial charge in [0.15, 0.2) is 5.65 Å². The zero-order valence-electron chi connectivity index (χ0n) is 13.0. The number of pyridine rings is 1. The Morgan fingerprint density at radius 1 is 1.42 bits per heavy atom. The molecule has 3 unspecified atom stereocenters. The van der Waals surface area contributed by atoms with Gasteiger partial charge in [-0.15, -0.1) is 0 Å². The summed E-state index contributed by atoms with van der Waals surface area (Å²) in [5.74, 6) is -1.38. The molecule has 0 radical (unpaired) electrons. The van der Waals surface area contributed by atoms with E-state index in [2.05, 4.69) is 10.1 Å². The van der Waals surface area contributed by atoms with Crippen molar-refractivity contribution in [2.45, 2.75) is 32.5 Å². The van der Waals surface area contributed by atoms with Crippen LogP contribution in [0.4, 0.5) is 18.9 Å². The van der Waals surface area contributed by atoms with E-state index in [1.54, 1.807) is 35.4 Å². The molecule has 2 aliphatic rings. The fraction of sp³-hybridized carbons (Fsp3) is 0.533. The summed E-state index contributed by atoms with van der Waals surface area (Å²) in [5, 5.41) is 13.6. The second kappa shape index (κ2) is 4.20. The summed E-state index contributed by atoms with van der Waals surface area (Å²) in [4.78, 5) is 17.3. The Labute approximate surface area is 134 Å². The summed E-state index contributed by atoms with van der Waals surface area (Å²) in [6.45, 7) is 2.94. The predicted molar refractivity (Wildman–Crippen MR) is 77.7 cm³/mol. The molecule has 1 aliphatic heterocycles. The normalized spacial score (nSPS) is 32.2. The van der Waals surface area contributed by atoms with E-state index >= 15 is 0 Å². The van der Waals surface area contributed by atoms with Crippen LogP contribution in [0.15, 0.2) is 18.5 Å². The van der Waals surface area contributed by atoms with Crippen LogP contribution in [0.5, 0.6) is 0 Å². The van der Waals surface area contributed by atoms with Gasteiger partial charge in [0.1, 0.15) is 17.2 Å². The fourth-order valence-corrected chi connectivity index (χ4v) is 4.37. The van der Waals surface area contributed by atoms with Crippen LogP contribution in [0.25, 0.3) is 5.65 Å². The number of nitrogens with zero attached hydrogens (tertiary/aromatic N) is 4. The molecule has 1 saturated carbocycles. The average molecular weight is 340 g/mol. The van der Waals surface area contributed by atoms with Crippen molar-refractivity contribution in [2.75, 3.05) is 11.4 Å². The summed E-state index contributed by atoms with van der Waals surface area (Å²) in [5.41, 5.74) is -2.19. The van der Waals surface area contributed by atoms with Crippen molar-refractivity contribution in [1.82, 2.24) is 14.6 Å². The predicted octanol–water partition coefficient (Wildman–Crippen LogP) is 2.27. The van der Waals surface area contributed by atoms with E-state index in [4.69, 9.17) is 0 Å². The van der Waals surface area contributed by atoms with Crippen LogP contribution in [-0.2, 0) is 4.79 Å². The molecule has 0 bridgehead atoms. The largest absolute Gasteiger partial charge is 0.481 e.